The molecule has 0 N–H and O–H groups in total. The van der Waals surface area contributed by atoms with Crippen LogP contribution in [-0.4, -0.2) is 16.1 Å². The zero-order valence-corrected chi connectivity index (χ0v) is 11.0. The zero-order valence-electron chi connectivity index (χ0n) is 9.41. The van der Waals surface area contributed by atoms with Gasteiger partial charge in [-0.3, -0.25) is 0 Å². The molecule has 0 saturated carbocycles. The highest BCUT2D eigenvalue weighted by molar-refractivity contribution is 7.15. The van der Waals surface area contributed by atoms with Crippen molar-refractivity contribution in [3.63, 3.8) is 0 Å². The van der Waals surface area contributed by atoms with Gasteiger partial charge in [-0.1, -0.05) is 0 Å². The van der Waals surface area contributed by atoms with Crippen LogP contribution >= 0.6 is 22.9 Å². The lowest BCUT2D eigenvalue weighted by Crippen LogP contribution is -1.96. The third-order valence-corrected chi connectivity index (χ3v) is 4.40. The molecule has 0 saturated heterocycles. The highest BCUT2D eigenvalue weighted by Crippen LogP contribution is 2.35. The number of hydrogen-bond acceptors (Lipinski definition) is 4. The molecule has 0 unspecified atom stereocenters. The Labute approximate surface area is 109 Å². The van der Waals surface area contributed by atoms with E-state index in [2.05, 4.69) is 16.3 Å². The van der Waals surface area contributed by atoms with Crippen LogP contribution in [0.5, 0.6) is 0 Å². The van der Waals surface area contributed by atoms with E-state index in [-0.39, 0.29) is 0 Å². The molecule has 2 aromatic heterocycles. The summed E-state index contributed by atoms with van der Waals surface area (Å²) in [7, 11) is 0. The first-order valence-corrected chi connectivity index (χ1v) is 7.22. The van der Waals surface area contributed by atoms with Gasteiger partial charge >= 0.3 is 0 Å². The van der Waals surface area contributed by atoms with Crippen molar-refractivity contribution in [1.82, 2.24) is 10.2 Å². The van der Waals surface area contributed by atoms with Crippen LogP contribution in [0.15, 0.2) is 10.5 Å². The van der Waals surface area contributed by atoms with E-state index in [9.17, 15) is 0 Å². The highest BCUT2D eigenvalue weighted by atomic mass is 35.5. The molecule has 0 radical (unpaired) electrons. The number of thiophene rings is 1. The van der Waals surface area contributed by atoms with Gasteiger partial charge in [0, 0.05) is 17.2 Å². The van der Waals surface area contributed by atoms with Gasteiger partial charge in [-0.15, -0.1) is 33.1 Å². The fourth-order valence-electron chi connectivity index (χ4n) is 2.13. The Bertz CT molecular complexity index is 497. The average Bonchev–Trinajstić information content (AvgIpc) is 2.94. The third-order valence-electron chi connectivity index (χ3n) is 2.98. The molecule has 1 aliphatic rings. The maximum Gasteiger partial charge on any atom is 0.257 e. The molecule has 3 rings (SSSR count). The van der Waals surface area contributed by atoms with Gasteiger partial charge in [-0.05, 0) is 37.3 Å². The van der Waals surface area contributed by atoms with Crippen molar-refractivity contribution < 1.29 is 4.42 Å². The smallest absolute Gasteiger partial charge is 0.257 e. The molecule has 3 nitrogen and oxygen atoms in total. The first kappa shape index (κ1) is 11.2. The van der Waals surface area contributed by atoms with Gasteiger partial charge in [0.25, 0.3) is 5.89 Å². The van der Waals surface area contributed by atoms with Crippen LogP contribution < -0.4 is 0 Å². The fourth-order valence-corrected chi connectivity index (χ4v) is 3.47. The normalized spacial score (nSPS) is 14.9. The third kappa shape index (κ3) is 2.24. The molecule has 0 bridgehead atoms. The minimum atomic E-state index is 0.516. The topological polar surface area (TPSA) is 38.9 Å². The minimum absolute atomic E-state index is 0.516. The van der Waals surface area contributed by atoms with Crippen molar-refractivity contribution in [1.29, 1.82) is 0 Å². The molecule has 2 aromatic rings. The fraction of sp³-hybridized carbons (Fsp3) is 0.500. The van der Waals surface area contributed by atoms with E-state index in [1.807, 2.05) is 0 Å². The second kappa shape index (κ2) is 4.78. The summed E-state index contributed by atoms with van der Waals surface area (Å²) in [5, 5.41) is 8.08. The van der Waals surface area contributed by atoms with Crippen molar-refractivity contribution in [3.05, 3.63) is 22.4 Å². The zero-order chi connectivity index (χ0) is 11.7. The number of nitrogens with zero attached hydrogens (tertiary/aromatic N) is 2. The van der Waals surface area contributed by atoms with E-state index in [1.165, 1.54) is 36.1 Å². The summed E-state index contributed by atoms with van der Waals surface area (Å²) in [5.41, 5.74) is 1.47. The van der Waals surface area contributed by atoms with Crippen molar-refractivity contribution in [3.8, 4) is 10.8 Å². The van der Waals surface area contributed by atoms with E-state index < -0.39 is 0 Å². The summed E-state index contributed by atoms with van der Waals surface area (Å²) < 4.78 is 5.59. The molecule has 0 spiro atoms. The van der Waals surface area contributed by atoms with Gasteiger partial charge in [0.05, 0.1) is 4.88 Å². The lowest BCUT2D eigenvalue weighted by Gasteiger charge is -2.08. The number of fused-ring (bicyclic) bond motifs is 1. The lowest BCUT2D eigenvalue weighted by atomic mass is 9.99. The Morgan fingerprint density at radius 2 is 2.18 bits per heavy atom. The number of halogens is 1. The van der Waals surface area contributed by atoms with Gasteiger partial charge in [0.1, 0.15) is 0 Å². The standard InChI is InChI=1S/C12H13ClN2OS/c13-6-5-11-14-15-12(16-11)10-7-8-3-1-2-4-9(8)17-10/h7H,1-6H2. The maximum atomic E-state index is 5.65. The molecule has 0 atom stereocenters. The van der Waals surface area contributed by atoms with Gasteiger partial charge in [0.15, 0.2) is 0 Å². The van der Waals surface area contributed by atoms with Crippen LogP contribution in [0.25, 0.3) is 10.8 Å². The number of aromatic nitrogens is 2. The Balaban J connectivity index is 1.89. The van der Waals surface area contributed by atoms with Crippen molar-refractivity contribution in [2.75, 3.05) is 5.88 Å². The second-order valence-electron chi connectivity index (χ2n) is 4.21. The molecule has 0 aliphatic heterocycles. The number of hydrogen-bond donors (Lipinski definition) is 0. The van der Waals surface area contributed by atoms with Crippen molar-refractivity contribution >= 4 is 22.9 Å². The van der Waals surface area contributed by atoms with E-state index in [1.54, 1.807) is 11.3 Å². The Hall–Kier alpha value is -0.870. The summed E-state index contributed by atoms with van der Waals surface area (Å²) in [6, 6.07) is 2.21. The average molecular weight is 269 g/mol. The molecule has 2 heterocycles. The molecular formula is C12H13ClN2OS. The predicted octanol–water partition coefficient (Wildman–Crippen LogP) is 3.46. The molecule has 1 aliphatic carbocycles. The summed E-state index contributed by atoms with van der Waals surface area (Å²) in [6.07, 6.45) is 5.62. The number of aryl methyl sites for hydroxylation is 3. The SMILES string of the molecule is ClCCc1nnc(-c2cc3c(s2)CCCC3)o1. The van der Waals surface area contributed by atoms with Crippen LogP contribution in [0.3, 0.4) is 0 Å². The monoisotopic (exact) mass is 268 g/mol. The Morgan fingerprint density at radius 1 is 1.29 bits per heavy atom. The Morgan fingerprint density at radius 3 is 3.00 bits per heavy atom. The van der Waals surface area contributed by atoms with E-state index in [0.29, 0.717) is 24.1 Å². The first-order chi connectivity index (χ1) is 8.36. The molecular weight excluding hydrogens is 256 g/mol. The van der Waals surface area contributed by atoms with Crippen LogP contribution in [-0.2, 0) is 19.3 Å². The van der Waals surface area contributed by atoms with Gasteiger partial charge in [-0.25, -0.2) is 0 Å². The first-order valence-electron chi connectivity index (χ1n) is 5.87. The van der Waals surface area contributed by atoms with E-state index in [0.717, 1.165) is 4.88 Å². The Kier molecular flexibility index (Phi) is 3.16. The highest BCUT2D eigenvalue weighted by Gasteiger charge is 2.17. The van der Waals surface area contributed by atoms with Crippen LogP contribution in [0, 0.1) is 0 Å². The maximum absolute atomic E-state index is 5.65. The number of alkyl halides is 1. The molecule has 5 heteroatoms. The molecule has 90 valence electrons. The second-order valence-corrected chi connectivity index (χ2v) is 5.72. The quantitative estimate of drug-likeness (QED) is 0.801. The van der Waals surface area contributed by atoms with Gasteiger partial charge < -0.3 is 4.42 Å². The van der Waals surface area contributed by atoms with Crippen LogP contribution in [0.2, 0.25) is 0 Å². The van der Waals surface area contributed by atoms with Crippen LogP contribution in [0.4, 0.5) is 0 Å². The van der Waals surface area contributed by atoms with E-state index >= 15 is 0 Å². The number of rotatable bonds is 3. The van der Waals surface area contributed by atoms with Gasteiger partial charge in [0.2, 0.25) is 5.89 Å². The molecule has 0 fully saturated rings. The van der Waals surface area contributed by atoms with Crippen molar-refractivity contribution in [2.45, 2.75) is 32.1 Å². The minimum Gasteiger partial charge on any atom is -0.420 e. The summed E-state index contributed by atoms with van der Waals surface area (Å²) in [4.78, 5) is 2.59. The van der Waals surface area contributed by atoms with Crippen LogP contribution in [0.1, 0.15) is 29.2 Å². The molecule has 17 heavy (non-hydrogen) atoms. The predicted molar refractivity (Wildman–Crippen MR) is 68.7 cm³/mol. The largest absolute Gasteiger partial charge is 0.420 e. The summed E-state index contributed by atoms with van der Waals surface area (Å²) in [6.45, 7) is 0. The van der Waals surface area contributed by atoms with E-state index in [4.69, 9.17) is 16.0 Å². The lowest BCUT2D eigenvalue weighted by molar-refractivity contribution is 0.514. The van der Waals surface area contributed by atoms with Crippen molar-refractivity contribution in [2.24, 2.45) is 0 Å². The molecule has 0 aromatic carbocycles. The van der Waals surface area contributed by atoms with Gasteiger partial charge in [-0.2, -0.15) is 0 Å². The summed E-state index contributed by atoms with van der Waals surface area (Å²) >= 11 is 7.44. The summed E-state index contributed by atoms with van der Waals surface area (Å²) in [5.74, 6) is 1.79. The molecule has 0 amide bonds.